The number of nitrogen functional groups attached to an aromatic ring is 1. The molecule has 0 saturated carbocycles. The van der Waals surface area contributed by atoms with Gasteiger partial charge in [0.25, 0.3) is 0 Å². The number of esters is 1. The Morgan fingerprint density at radius 1 is 1.40 bits per heavy atom. The maximum Gasteiger partial charge on any atom is 0.360 e. The summed E-state index contributed by atoms with van der Waals surface area (Å²) in [6.45, 7) is 1.73. The SMILES string of the molecule is COC(=O)c1nc(C)n(-c2cc(Cl)ccc2OC)c1N. The first-order chi connectivity index (χ1) is 9.49. The van der Waals surface area contributed by atoms with E-state index in [4.69, 9.17) is 22.1 Å². The van der Waals surface area contributed by atoms with Crippen molar-refractivity contribution >= 4 is 23.4 Å². The summed E-state index contributed by atoms with van der Waals surface area (Å²) in [5.41, 5.74) is 6.66. The van der Waals surface area contributed by atoms with Crippen LogP contribution in [0.15, 0.2) is 18.2 Å². The van der Waals surface area contributed by atoms with Gasteiger partial charge in [-0.15, -0.1) is 0 Å². The number of ether oxygens (including phenoxy) is 2. The van der Waals surface area contributed by atoms with Crippen LogP contribution in [-0.4, -0.2) is 29.7 Å². The summed E-state index contributed by atoms with van der Waals surface area (Å²) in [6, 6.07) is 5.11. The summed E-state index contributed by atoms with van der Waals surface area (Å²) >= 11 is 6.00. The van der Waals surface area contributed by atoms with Crippen LogP contribution in [0.2, 0.25) is 5.02 Å². The Morgan fingerprint density at radius 3 is 2.70 bits per heavy atom. The second kappa shape index (κ2) is 5.42. The molecular formula is C13H14ClN3O3. The van der Waals surface area contributed by atoms with E-state index in [0.29, 0.717) is 22.3 Å². The number of rotatable bonds is 3. The van der Waals surface area contributed by atoms with Crippen LogP contribution in [0, 0.1) is 6.92 Å². The van der Waals surface area contributed by atoms with E-state index < -0.39 is 5.97 Å². The highest BCUT2D eigenvalue weighted by molar-refractivity contribution is 6.30. The zero-order valence-electron chi connectivity index (χ0n) is 11.3. The molecule has 0 saturated heterocycles. The molecule has 2 aromatic rings. The van der Waals surface area contributed by atoms with Crippen LogP contribution in [0.25, 0.3) is 5.69 Å². The Hall–Kier alpha value is -2.21. The number of methoxy groups -OCH3 is 2. The minimum Gasteiger partial charge on any atom is -0.495 e. The zero-order chi connectivity index (χ0) is 14.9. The average molecular weight is 296 g/mol. The monoisotopic (exact) mass is 295 g/mol. The quantitative estimate of drug-likeness (QED) is 0.878. The number of carbonyl (C=O) groups excluding carboxylic acids is 1. The molecule has 0 aliphatic carbocycles. The first kappa shape index (κ1) is 14.2. The lowest BCUT2D eigenvalue weighted by atomic mass is 10.2. The van der Waals surface area contributed by atoms with Crippen LogP contribution in [0.4, 0.5) is 5.82 Å². The van der Waals surface area contributed by atoms with Crippen LogP contribution in [0.1, 0.15) is 16.3 Å². The van der Waals surface area contributed by atoms with Crippen LogP contribution in [0.5, 0.6) is 5.75 Å². The smallest absolute Gasteiger partial charge is 0.360 e. The van der Waals surface area contributed by atoms with E-state index in [1.165, 1.54) is 14.2 Å². The highest BCUT2D eigenvalue weighted by Crippen LogP contribution is 2.30. The number of hydrogen-bond acceptors (Lipinski definition) is 5. The molecule has 1 aromatic carbocycles. The normalized spacial score (nSPS) is 10.4. The van der Waals surface area contributed by atoms with Crippen LogP contribution >= 0.6 is 11.6 Å². The Bertz CT molecular complexity index is 667. The fourth-order valence-electron chi connectivity index (χ4n) is 1.94. The summed E-state index contributed by atoms with van der Waals surface area (Å²) in [4.78, 5) is 15.7. The van der Waals surface area contributed by atoms with Crippen molar-refractivity contribution < 1.29 is 14.3 Å². The van der Waals surface area contributed by atoms with Crippen molar-refractivity contribution in [3.05, 3.63) is 34.7 Å². The highest BCUT2D eigenvalue weighted by atomic mass is 35.5. The molecule has 2 rings (SSSR count). The van der Waals surface area contributed by atoms with E-state index in [1.807, 2.05) is 0 Å². The van der Waals surface area contributed by atoms with Crippen molar-refractivity contribution in [1.29, 1.82) is 0 Å². The molecule has 7 heteroatoms. The number of nitrogens with two attached hydrogens (primary N) is 1. The van der Waals surface area contributed by atoms with Gasteiger partial charge < -0.3 is 15.2 Å². The molecule has 0 radical (unpaired) electrons. The number of imidazole rings is 1. The van der Waals surface area contributed by atoms with Crippen molar-refractivity contribution in [1.82, 2.24) is 9.55 Å². The van der Waals surface area contributed by atoms with Gasteiger partial charge in [0.2, 0.25) is 0 Å². The molecule has 0 amide bonds. The summed E-state index contributed by atoms with van der Waals surface area (Å²) in [5, 5.41) is 0.521. The Morgan fingerprint density at radius 2 is 2.10 bits per heavy atom. The maximum atomic E-state index is 11.6. The molecule has 0 unspecified atom stereocenters. The van der Waals surface area contributed by atoms with E-state index >= 15 is 0 Å². The van der Waals surface area contributed by atoms with Gasteiger partial charge in [0.05, 0.1) is 19.9 Å². The van der Waals surface area contributed by atoms with Crippen molar-refractivity contribution in [2.45, 2.75) is 6.92 Å². The number of nitrogens with zero attached hydrogens (tertiary/aromatic N) is 2. The fourth-order valence-corrected chi connectivity index (χ4v) is 2.10. The van der Waals surface area contributed by atoms with Crippen molar-refractivity contribution in [2.75, 3.05) is 20.0 Å². The molecule has 106 valence electrons. The number of hydrogen-bond donors (Lipinski definition) is 1. The summed E-state index contributed by atoms with van der Waals surface area (Å²) in [7, 11) is 2.81. The summed E-state index contributed by atoms with van der Waals surface area (Å²) < 4.78 is 11.5. The molecule has 0 fully saturated rings. The molecule has 0 spiro atoms. The first-order valence-corrected chi connectivity index (χ1v) is 6.14. The maximum absolute atomic E-state index is 11.6. The number of carbonyl (C=O) groups is 1. The van der Waals surface area contributed by atoms with E-state index in [9.17, 15) is 4.79 Å². The Kier molecular flexibility index (Phi) is 3.85. The molecule has 6 nitrogen and oxygen atoms in total. The predicted molar refractivity (Wildman–Crippen MR) is 75.6 cm³/mol. The molecule has 1 aromatic heterocycles. The van der Waals surface area contributed by atoms with E-state index in [0.717, 1.165) is 0 Å². The van der Waals surface area contributed by atoms with Gasteiger partial charge in [0.1, 0.15) is 17.4 Å². The lowest BCUT2D eigenvalue weighted by Crippen LogP contribution is -2.08. The highest BCUT2D eigenvalue weighted by Gasteiger charge is 2.21. The standard InChI is InChI=1S/C13H14ClN3O3/c1-7-16-11(13(18)20-3)12(15)17(7)9-6-8(14)4-5-10(9)19-2/h4-6H,15H2,1-3H3. The minimum atomic E-state index is -0.592. The summed E-state index contributed by atoms with van der Waals surface area (Å²) in [5.74, 6) is 0.682. The lowest BCUT2D eigenvalue weighted by Gasteiger charge is -2.12. The Labute approximate surface area is 121 Å². The van der Waals surface area contributed by atoms with Gasteiger partial charge in [-0.05, 0) is 25.1 Å². The third kappa shape index (κ3) is 2.30. The van der Waals surface area contributed by atoms with Crippen LogP contribution < -0.4 is 10.5 Å². The molecule has 0 bridgehead atoms. The van der Waals surface area contributed by atoms with Gasteiger partial charge in [-0.1, -0.05) is 11.6 Å². The van der Waals surface area contributed by atoms with Crippen molar-refractivity contribution in [3.8, 4) is 11.4 Å². The van der Waals surface area contributed by atoms with E-state index in [2.05, 4.69) is 9.72 Å². The van der Waals surface area contributed by atoms with Crippen molar-refractivity contribution in [2.24, 2.45) is 0 Å². The Balaban J connectivity index is 2.67. The molecule has 1 heterocycles. The van der Waals surface area contributed by atoms with Gasteiger partial charge in [0, 0.05) is 5.02 Å². The second-order valence-corrected chi connectivity index (χ2v) is 4.47. The second-order valence-electron chi connectivity index (χ2n) is 4.04. The third-order valence-corrected chi connectivity index (χ3v) is 3.08. The number of aromatic nitrogens is 2. The molecule has 0 atom stereocenters. The predicted octanol–water partition coefficient (Wildman–Crippen LogP) is 2.21. The fraction of sp³-hybridized carbons (Fsp3) is 0.231. The van der Waals surface area contributed by atoms with E-state index in [1.54, 1.807) is 29.7 Å². The minimum absolute atomic E-state index is 0.0621. The first-order valence-electron chi connectivity index (χ1n) is 5.76. The van der Waals surface area contributed by atoms with Gasteiger partial charge in [-0.25, -0.2) is 9.78 Å². The average Bonchev–Trinajstić information content (AvgIpc) is 2.73. The molecule has 0 aliphatic heterocycles. The van der Waals surface area contributed by atoms with Crippen LogP contribution in [-0.2, 0) is 4.74 Å². The van der Waals surface area contributed by atoms with Gasteiger partial charge in [0.15, 0.2) is 5.69 Å². The topological polar surface area (TPSA) is 79.4 Å². The molecular weight excluding hydrogens is 282 g/mol. The number of halogens is 1. The summed E-state index contributed by atoms with van der Waals surface area (Å²) in [6.07, 6.45) is 0. The van der Waals surface area contributed by atoms with E-state index in [-0.39, 0.29) is 11.5 Å². The molecule has 2 N–H and O–H groups in total. The van der Waals surface area contributed by atoms with Gasteiger partial charge in [-0.2, -0.15) is 0 Å². The molecule has 20 heavy (non-hydrogen) atoms. The number of aryl methyl sites for hydroxylation is 1. The number of anilines is 1. The zero-order valence-corrected chi connectivity index (χ0v) is 12.1. The molecule has 0 aliphatic rings. The lowest BCUT2D eigenvalue weighted by molar-refractivity contribution is 0.0596. The van der Waals surface area contributed by atoms with Crippen LogP contribution in [0.3, 0.4) is 0 Å². The van der Waals surface area contributed by atoms with Gasteiger partial charge in [-0.3, -0.25) is 4.57 Å². The van der Waals surface area contributed by atoms with Crippen molar-refractivity contribution in [3.63, 3.8) is 0 Å². The largest absolute Gasteiger partial charge is 0.495 e. The number of benzene rings is 1. The van der Waals surface area contributed by atoms with Gasteiger partial charge >= 0.3 is 5.97 Å². The third-order valence-electron chi connectivity index (χ3n) is 2.84.